The molecule has 0 atom stereocenters. The molecule has 1 aromatic rings. The lowest BCUT2D eigenvalue weighted by atomic mass is 9.81. The summed E-state index contributed by atoms with van der Waals surface area (Å²) in [5.74, 6) is 1.64. The van der Waals surface area contributed by atoms with Gasteiger partial charge in [0.25, 0.3) is 5.91 Å². The topological polar surface area (TPSA) is 59.6 Å². The van der Waals surface area contributed by atoms with Crippen LogP contribution in [0.5, 0.6) is 11.5 Å². The predicted molar refractivity (Wildman–Crippen MR) is 95.9 cm³/mol. The van der Waals surface area contributed by atoms with Crippen molar-refractivity contribution >= 4 is 5.91 Å². The van der Waals surface area contributed by atoms with Crippen LogP contribution in [0.3, 0.4) is 0 Å². The number of amides is 1. The molecular formula is C19H30N2O3. The maximum Gasteiger partial charge on any atom is 0.251 e. The third-order valence-electron chi connectivity index (χ3n) is 4.48. The van der Waals surface area contributed by atoms with Gasteiger partial charge in [-0.05, 0) is 55.5 Å². The van der Waals surface area contributed by atoms with Crippen molar-refractivity contribution in [1.82, 2.24) is 10.6 Å². The van der Waals surface area contributed by atoms with Gasteiger partial charge in [-0.3, -0.25) is 4.79 Å². The highest BCUT2D eigenvalue weighted by atomic mass is 16.5. The molecule has 2 N–H and O–H groups in total. The SMILES string of the molecule is COc1cc(C(=O)NCC2(C)CCNCC2)ccc1OCC(C)C. The molecule has 1 aliphatic heterocycles. The zero-order valence-corrected chi connectivity index (χ0v) is 15.3. The van der Waals surface area contributed by atoms with Gasteiger partial charge >= 0.3 is 0 Å². The average molecular weight is 334 g/mol. The van der Waals surface area contributed by atoms with Crippen molar-refractivity contribution in [1.29, 1.82) is 0 Å². The normalized spacial score (nSPS) is 16.7. The number of ether oxygens (including phenoxy) is 2. The standard InChI is InChI=1S/C19H30N2O3/c1-14(2)12-24-16-6-5-15(11-17(16)23-4)18(22)21-13-19(3)7-9-20-10-8-19/h5-6,11,14,20H,7-10,12-13H2,1-4H3,(H,21,22). The monoisotopic (exact) mass is 334 g/mol. The number of carbonyl (C=O) groups is 1. The molecule has 0 aliphatic carbocycles. The largest absolute Gasteiger partial charge is 0.493 e. The van der Waals surface area contributed by atoms with E-state index in [0.717, 1.165) is 25.9 Å². The first-order valence-corrected chi connectivity index (χ1v) is 8.73. The van der Waals surface area contributed by atoms with Crippen molar-refractivity contribution in [3.8, 4) is 11.5 Å². The zero-order valence-electron chi connectivity index (χ0n) is 15.3. The first kappa shape index (κ1) is 18.6. The molecule has 1 fully saturated rings. The molecule has 1 saturated heterocycles. The van der Waals surface area contributed by atoms with Crippen LogP contribution in [0.25, 0.3) is 0 Å². The number of carbonyl (C=O) groups excluding carboxylic acids is 1. The Hall–Kier alpha value is -1.75. The molecule has 0 spiro atoms. The molecule has 1 amide bonds. The van der Waals surface area contributed by atoms with E-state index in [1.807, 2.05) is 6.07 Å². The van der Waals surface area contributed by atoms with E-state index < -0.39 is 0 Å². The first-order valence-electron chi connectivity index (χ1n) is 8.73. The zero-order chi connectivity index (χ0) is 17.6. The summed E-state index contributed by atoms with van der Waals surface area (Å²) in [6.45, 7) is 9.77. The molecule has 0 saturated carbocycles. The van der Waals surface area contributed by atoms with Gasteiger partial charge in [-0.1, -0.05) is 20.8 Å². The van der Waals surface area contributed by atoms with Crippen LogP contribution in [-0.4, -0.2) is 39.3 Å². The second-order valence-electron chi connectivity index (χ2n) is 7.31. The first-order chi connectivity index (χ1) is 11.4. The van der Waals surface area contributed by atoms with Gasteiger partial charge in [-0.15, -0.1) is 0 Å². The van der Waals surface area contributed by atoms with Crippen molar-refractivity contribution in [2.45, 2.75) is 33.6 Å². The van der Waals surface area contributed by atoms with E-state index in [4.69, 9.17) is 9.47 Å². The molecule has 5 heteroatoms. The number of nitrogens with one attached hydrogen (secondary N) is 2. The highest BCUT2D eigenvalue weighted by Gasteiger charge is 2.27. The van der Waals surface area contributed by atoms with Crippen molar-refractivity contribution in [2.24, 2.45) is 11.3 Å². The lowest BCUT2D eigenvalue weighted by molar-refractivity contribution is 0.0922. The predicted octanol–water partition coefficient (Wildman–Crippen LogP) is 2.85. The van der Waals surface area contributed by atoms with Gasteiger partial charge in [0, 0.05) is 12.1 Å². The highest BCUT2D eigenvalue weighted by molar-refractivity contribution is 5.94. The molecule has 1 heterocycles. The lowest BCUT2D eigenvalue weighted by Crippen LogP contribution is -2.42. The van der Waals surface area contributed by atoms with E-state index >= 15 is 0 Å². The van der Waals surface area contributed by atoms with Gasteiger partial charge in [0.2, 0.25) is 0 Å². The molecule has 1 aromatic carbocycles. The molecule has 0 radical (unpaired) electrons. The Balaban J connectivity index is 1.98. The van der Waals surface area contributed by atoms with Crippen molar-refractivity contribution in [2.75, 3.05) is 33.4 Å². The minimum Gasteiger partial charge on any atom is -0.493 e. The van der Waals surface area contributed by atoms with Crippen LogP contribution in [0.1, 0.15) is 44.0 Å². The Morgan fingerprint density at radius 2 is 2.00 bits per heavy atom. The van der Waals surface area contributed by atoms with Crippen LogP contribution in [0.15, 0.2) is 18.2 Å². The molecule has 0 bridgehead atoms. The van der Waals surface area contributed by atoms with Crippen LogP contribution in [0, 0.1) is 11.3 Å². The Kier molecular flexibility index (Phi) is 6.49. The highest BCUT2D eigenvalue weighted by Crippen LogP contribution is 2.29. The quantitative estimate of drug-likeness (QED) is 0.805. The fourth-order valence-electron chi connectivity index (χ4n) is 2.79. The number of benzene rings is 1. The lowest BCUT2D eigenvalue weighted by Gasteiger charge is -2.34. The van der Waals surface area contributed by atoms with E-state index in [1.165, 1.54) is 0 Å². The molecule has 24 heavy (non-hydrogen) atoms. The van der Waals surface area contributed by atoms with Gasteiger partial charge in [0.1, 0.15) is 0 Å². The molecule has 5 nitrogen and oxygen atoms in total. The summed E-state index contributed by atoms with van der Waals surface area (Å²) in [7, 11) is 1.59. The van der Waals surface area contributed by atoms with Gasteiger partial charge in [0.05, 0.1) is 13.7 Å². The summed E-state index contributed by atoms with van der Waals surface area (Å²) >= 11 is 0. The Labute approximate surface area is 145 Å². The summed E-state index contributed by atoms with van der Waals surface area (Å²) < 4.78 is 11.1. The average Bonchev–Trinajstić information content (AvgIpc) is 2.58. The minimum atomic E-state index is -0.0662. The van der Waals surface area contributed by atoms with Crippen LogP contribution in [0.4, 0.5) is 0 Å². The van der Waals surface area contributed by atoms with Gasteiger partial charge in [-0.25, -0.2) is 0 Å². The maximum atomic E-state index is 12.5. The van der Waals surface area contributed by atoms with Crippen LogP contribution in [-0.2, 0) is 0 Å². The minimum absolute atomic E-state index is 0.0662. The van der Waals surface area contributed by atoms with E-state index in [-0.39, 0.29) is 11.3 Å². The maximum absolute atomic E-state index is 12.5. The Bertz CT molecular complexity index is 552. The second kappa shape index (κ2) is 8.38. The number of hydrogen-bond acceptors (Lipinski definition) is 4. The summed E-state index contributed by atoms with van der Waals surface area (Å²) in [6, 6.07) is 5.34. The van der Waals surface area contributed by atoms with Gasteiger partial charge < -0.3 is 20.1 Å². The van der Waals surface area contributed by atoms with E-state index in [1.54, 1.807) is 19.2 Å². The van der Waals surface area contributed by atoms with Gasteiger partial charge in [0.15, 0.2) is 11.5 Å². The number of hydrogen-bond donors (Lipinski definition) is 2. The molecule has 134 valence electrons. The smallest absolute Gasteiger partial charge is 0.251 e. The molecule has 0 aromatic heterocycles. The van der Waals surface area contributed by atoms with Crippen molar-refractivity contribution in [3.05, 3.63) is 23.8 Å². The van der Waals surface area contributed by atoms with E-state index in [9.17, 15) is 4.79 Å². The summed E-state index contributed by atoms with van der Waals surface area (Å²) in [5, 5.41) is 6.42. The molecule has 1 aliphatic rings. The number of methoxy groups -OCH3 is 1. The van der Waals surface area contributed by atoms with Crippen molar-refractivity contribution in [3.63, 3.8) is 0 Å². The second-order valence-corrected chi connectivity index (χ2v) is 7.31. The number of rotatable bonds is 7. The third-order valence-corrected chi connectivity index (χ3v) is 4.48. The summed E-state index contributed by atoms with van der Waals surface area (Å²) in [5.41, 5.74) is 0.770. The Morgan fingerprint density at radius 3 is 2.62 bits per heavy atom. The van der Waals surface area contributed by atoms with Crippen molar-refractivity contribution < 1.29 is 14.3 Å². The molecular weight excluding hydrogens is 304 g/mol. The van der Waals surface area contributed by atoms with Gasteiger partial charge in [-0.2, -0.15) is 0 Å². The van der Waals surface area contributed by atoms with E-state index in [0.29, 0.717) is 36.1 Å². The summed E-state index contributed by atoms with van der Waals surface area (Å²) in [6.07, 6.45) is 2.16. The third kappa shape index (κ3) is 5.13. The Morgan fingerprint density at radius 1 is 1.29 bits per heavy atom. The van der Waals surface area contributed by atoms with Crippen LogP contribution >= 0.6 is 0 Å². The number of piperidine rings is 1. The van der Waals surface area contributed by atoms with Crippen LogP contribution in [0.2, 0.25) is 0 Å². The molecule has 2 rings (SSSR count). The summed E-state index contributed by atoms with van der Waals surface area (Å²) in [4.78, 5) is 12.5. The fourth-order valence-corrected chi connectivity index (χ4v) is 2.79. The van der Waals surface area contributed by atoms with Crippen LogP contribution < -0.4 is 20.1 Å². The molecule has 0 unspecified atom stereocenters. The van der Waals surface area contributed by atoms with E-state index in [2.05, 4.69) is 31.4 Å². The fraction of sp³-hybridized carbons (Fsp3) is 0.632.